The molecule has 284 valence electrons. The molecule has 1 aromatic heterocycles. The molecule has 4 aliphatic carbocycles. The molecule has 3 aromatic rings. The first-order chi connectivity index (χ1) is 24.2. The number of carbonyl (C=O) groups excluding carboxylic acids is 1. The highest BCUT2D eigenvalue weighted by atomic mass is 35.5. The van der Waals surface area contributed by atoms with E-state index in [1.165, 1.54) is 4.31 Å². The van der Waals surface area contributed by atoms with Crippen LogP contribution in [-0.2, 0) is 14.8 Å². The van der Waals surface area contributed by atoms with Crippen LogP contribution >= 0.6 is 12.4 Å². The van der Waals surface area contributed by atoms with Gasteiger partial charge in [-0.25, -0.2) is 22.2 Å². The predicted octanol–water partition coefficient (Wildman–Crippen LogP) is 5.68. The zero-order chi connectivity index (χ0) is 36.8. The van der Waals surface area contributed by atoms with E-state index >= 15 is 0 Å². The highest BCUT2D eigenvalue weighted by Crippen LogP contribution is 2.58. The summed E-state index contributed by atoms with van der Waals surface area (Å²) in [6, 6.07) is 12.0. The fourth-order valence-corrected chi connectivity index (χ4v) is 10.2. The molecule has 7 rings (SSSR count). The number of hydrogen-bond donors (Lipinski definition) is 2. The minimum atomic E-state index is -3.80. The summed E-state index contributed by atoms with van der Waals surface area (Å²) < 4.78 is 41.9. The standard InChI is InChI=1S/C38H51N5O7S.ClH/c1-23(2)29-21-28(51(47,48)42(5)15-9-14-41(3)4)12-13-31(29)43-32(35-33(49-6)10-8-11-34(35)50-7)22-30(40-43)36(44)39-38(37(45)46)26-17-24-16-25(19-26)20-27(38)18-24;/h8,10-13,21-27H,9,14-20H2,1-7H3,(H,39,44)(H,45,46);1H. The van der Waals surface area contributed by atoms with Gasteiger partial charge in [-0.05, 0) is 131 Å². The Hall–Kier alpha value is -3.65. The normalized spacial score (nSPS) is 23.6. The van der Waals surface area contributed by atoms with E-state index in [1.54, 1.807) is 68.4 Å². The van der Waals surface area contributed by atoms with Gasteiger partial charge in [0.2, 0.25) is 10.0 Å². The Morgan fingerprint density at radius 1 is 0.962 bits per heavy atom. The van der Waals surface area contributed by atoms with Crippen molar-refractivity contribution in [3.05, 3.63) is 53.7 Å². The summed E-state index contributed by atoms with van der Waals surface area (Å²) in [6.07, 6.45) is 5.04. The molecule has 1 heterocycles. The lowest BCUT2D eigenvalue weighted by atomic mass is 9.48. The summed E-state index contributed by atoms with van der Waals surface area (Å²) in [5, 5.41) is 18.6. The van der Waals surface area contributed by atoms with Crippen LogP contribution < -0.4 is 14.8 Å². The average Bonchev–Trinajstić information content (AvgIpc) is 3.53. The third-order valence-corrected chi connectivity index (χ3v) is 13.2. The van der Waals surface area contributed by atoms with Crippen LogP contribution in [0.3, 0.4) is 0 Å². The van der Waals surface area contributed by atoms with E-state index in [0.717, 1.165) is 38.6 Å². The van der Waals surface area contributed by atoms with Crippen LogP contribution in [0.25, 0.3) is 16.9 Å². The summed E-state index contributed by atoms with van der Waals surface area (Å²) in [5.41, 5.74) is 0.980. The van der Waals surface area contributed by atoms with Crippen LogP contribution in [0.5, 0.6) is 11.5 Å². The lowest BCUT2D eigenvalue weighted by molar-refractivity contribution is -0.163. The van der Waals surface area contributed by atoms with Gasteiger partial charge in [0.15, 0.2) is 5.69 Å². The molecule has 4 bridgehead atoms. The zero-order valence-corrected chi connectivity index (χ0v) is 32.7. The van der Waals surface area contributed by atoms with E-state index in [4.69, 9.17) is 14.6 Å². The van der Waals surface area contributed by atoms with Gasteiger partial charge in [-0.2, -0.15) is 5.10 Å². The van der Waals surface area contributed by atoms with Gasteiger partial charge in [0.1, 0.15) is 17.0 Å². The van der Waals surface area contributed by atoms with E-state index in [-0.39, 0.29) is 40.8 Å². The van der Waals surface area contributed by atoms with Crippen molar-refractivity contribution in [1.29, 1.82) is 0 Å². The number of rotatable bonds is 14. The number of sulfonamides is 1. The SMILES string of the molecule is COc1cccc(OC)c1-c1cc(C(=O)NC2(C(=O)O)C3CC4CC(C3)CC2C4)nn1-c1ccc(S(=O)(=O)N(C)CCCN(C)C)cc1C(C)C.Cl. The average molecular weight is 758 g/mol. The lowest BCUT2D eigenvalue weighted by Crippen LogP contribution is -2.70. The highest BCUT2D eigenvalue weighted by molar-refractivity contribution is 7.89. The maximum absolute atomic E-state index is 14.3. The molecule has 0 unspecified atom stereocenters. The van der Waals surface area contributed by atoms with E-state index in [9.17, 15) is 23.1 Å². The number of amides is 1. The largest absolute Gasteiger partial charge is 0.496 e. The van der Waals surface area contributed by atoms with Gasteiger partial charge in [0, 0.05) is 13.6 Å². The monoisotopic (exact) mass is 757 g/mol. The number of aliphatic carboxylic acids is 1. The van der Waals surface area contributed by atoms with Crippen molar-refractivity contribution in [2.75, 3.05) is 48.5 Å². The molecule has 4 aliphatic rings. The topological polar surface area (TPSA) is 143 Å². The molecular formula is C38H52ClN5O7S. The van der Waals surface area contributed by atoms with Crippen molar-refractivity contribution in [3.63, 3.8) is 0 Å². The number of ether oxygens (including phenoxy) is 2. The van der Waals surface area contributed by atoms with Gasteiger partial charge in [0.25, 0.3) is 5.91 Å². The van der Waals surface area contributed by atoms with Gasteiger partial charge in [-0.1, -0.05) is 19.9 Å². The summed E-state index contributed by atoms with van der Waals surface area (Å²) in [6.45, 7) is 5.07. The molecule has 0 saturated heterocycles. The Balaban J connectivity index is 0.00000523. The Bertz CT molecular complexity index is 1860. The molecule has 2 aromatic carbocycles. The number of carboxylic acids is 1. The molecule has 0 radical (unpaired) electrons. The Morgan fingerprint density at radius 2 is 1.56 bits per heavy atom. The maximum atomic E-state index is 14.3. The predicted molar refractivity (Wildman–Crippen MR) is 201 cm³/mol. The van der Waals surface area contributed by atoms with Gasteiger partial charge < -0.3 is 24.8 Å². The number of aromatic nitrogens is 2. The second kappa shape index (κ2) is 15.4. The first-order valence-corrected chi connectivity index (χ1v) is 19.3. The van der Waals surface area contributed by atoms with Crippen LogP contribution in [0.1, 0.15) is 74.3 Å². The van der Waals surface area contributed by atoms with Crippen molar-refractivity contribution < 1.29 is 32.6 Å². The van der Waals surface area contributed by atoms with Gasteiger partial charge >= 0.3 is 5.97 Å². The Labute approximate surface area is 313 Å². The summed E-state index contributed by atoms with van der Waals surface area (Å²) in [5.74, 6) is 0.0455. The maximum Gasteiger partial charge on any atom is 0.330 e. The Morgan fingerprint density at radius 3 is 2.08 bits per heavy atom. The smallest absolute Gasteiger partial charge is 0.330 e. The summed E-state index contributed by atoms with van der Waals surface area (Å²) in [7, 11) is 4.79. The van der Waals surface area contributed by atoms with Crippen molar-refractivity contribution >= 4 is 34.3 Å². The second-order valence-electron chi connectivity index (χ2n) is 15.2. The van der Waals surface area contributed by atoms with Crippen molar-refractivity contribution in [2.24, 2.45) is 23.7 Å². The number of nitrogens with one attached hydrogen (secondary N) is 1. The third-order valence-electron chi connectivity index (χ3n) is 11.4. The van der Waals surface area contributed by atoms with Crippen molar-refractivity contribution in [3.8, 4) is 28.4 Å². The van der Waals surface area contributed by atoms with Gasteiger partial charge in [-0.3, -0.25) is 4.79 Å². The van der Waals surface area contributed by atoms with E-state index in [1.807, 2.05) is 32.8 Å². The van der Waals surface area contributed by atoms with Gasteiger partial charge in [0.05, 0.1) is 36.1 Å². The first kappa shape index (κ1) is 39.6. The minimum absolute atomic E-state index is 0. The Kier molecular flexibility index (Phi) is 11.7. The number of carbonyl (C=O) groups is 2. The van der Waals surface area contributed by atoms with E-state index < -0.39 is 27.4 Å². The fourth-order valence-electron chi connectivity index (χ4n) is 9.00. The molecule has 14 heteroatoms. The summed E-state index contributed by atoms with van der Waals surface area (Å²) >= 11 is 0. The zero-order valence-electron chi connectivity index (χ0n) is 31.1. The number of halogens is 1. The van der Waals surface area contributed by atoms with Crippen LogP contribution in [0.2, 0.25) is 0 Å². The second-order valence-corrected chi connectivity index (χ2v) is 17.2. The quantitative estimate of drug-likeness (QED) is 0.212. The number of carboxylic acid groups (broad SMARTS) is 1. The molecule has 4 fully saturated rings. The molecule has 52 heavy (non-hydrogen) atoms. The fraction of sp³-hybridized carbons (Fsp3) is 0.553. The third kappa shape index (κ3) is 7.04. The van der Waals surface area contributed by atoms with E-state index in [0.29, 0.717) is 58.8 Å². The number of benzene rings is 2. The van der Waals surface area contributed by atoms with E-state index in [2.05, 4.69) is 5.32 Å². The first-order valence-electron chi connectivity index (χ1n) is 17.8. The molecule has 4 saturated carbocycles. The lowest BCUT2D eigenvalue weighted by Gasteiger charge is -2.59. The van der Waals surface area contributed by atoms with Gasteiger partial charge in [-0.15, -0.1) is 12.4 Å². The molecule has 12 nitrogen and oxygen atoms in total. The number of methoxy groups -OCH3 is 2. The molecule has 1 amide bonds. The van der Waals surface area contributed by atoms with Crippen LogP contribution in [0.15, 0.2) is 47.4 Å². The number of nitrogens with zero attached hydrogens (tertiary/aromatic N) is 4. The minimum Gasteiger partial charge on any atom is -0.496 e. The molecule has 2 N–H and O–H groups in total. The molecule has 0 atom stereocenters. The molecule has 0 spiro atoms. The summed E-state index contributed by atoms with van der Waals surface area (Å²) in [4.78, 5) is 29.6. The highest BCUT2D eigenvalue weighted by Gasteiger charge is 2.62. The van der Waals surface area contributed by atoms with Crippen LogP contribution in [0, 0.1) is 23.7 Å². The molecule has 0 aliphatic heterocycles. The number of hydrogen-bond acceptors (Lipinski definition) is 8. The van der Waals surface area contributed by atoms with Crippen LogP contribution in [0.4, 0.5) is 0 Å². The molecular weight excluding hydrogens is 706 g/mol. The van der Waals surface area contributed by atoms with Crippen molar-refractivity contribution in [1.82, 2.24) is 24.3 Å². The van der Waals surface area contributed by atoms with Crippen LogP contribution in [-0.4, -0.2) is 98.4 Å². The van der Waals surface area contributed by atoms with Crippen molar-refractivity contribution in [2.45, 2.75) is 68.7 Å².